The maximum Gasteiger partial charge on any atom is 0.317 e. The van der Waals surface area contributed by atoms with E-state index in [9.17, 15) is 9.59 Å². The number of hydrogen-bond acceptors (Lipinski definition) is 4. The second-order valence-corrected chi connectivity index (χ2v) is 6.00. The van der Waals surface area contributed by atoms with E-state index >= 15 is 0 Å². The lowest BCUT2D eigenvalue weighted by Gasteiger charge is -2.18. The molecule has 1 fully saturated rings. The fourth-order valence-corrected chi connectivity index (χ4v) is 2.91. The molecule has 0 aromatic heterocycles. The predicted octanol–water partition coefficient (Wildman–Crippen LogP) is 3.77. The van der Waals surface area contributed by atoms with E-state index in [0.717, 1.165) is 25.7 Å². The number of esters is 2. The Kier molecular flexibility index (Phi) is 7.14. The highest BCUT2D eigenvalue weighted by Gasteiger charge is 2.33. The summed E-state index contributed by atoms with van der Waals surface area (Å²) in [5.41, 5.74) is 1.17. The fourth-order valence-electron chi connectivity index (χ4n) is 2.91. The number of nitriles is 1. The summed E-state index contributed by atoms with van der Waals surface area (Å²) in [5.74, 6) is -0.617. The Balaban J connectivity index is 2.49. The van der Waals surface area contributed by atoms with Gasteiger partial charge in [0.1, 0.15) is 0 Å². The molecule has 0 aromatic rings. The van der Waals surface area contributed by atoms with E-state index < -0.39 is 11.9 Å². The van der Waals surface area contributed by atoms with Crippen LogP contribution in [0.2, 0.25) is 0 Å². The standard InChI is InChI=1S/C17H25NO3/c1-4-6-14(11-18)8-12(3)7-13(5-2)9-15-10-16(19)21-17(15)20/h5,12,14-15H,4,6-10H2,1-3H3/b13-5-. The third-order valence-corrected chi connectivity index (χ3v) is 3.99. The molecule has 3 atom stereocenters. The molecule has 1 rings (SSSR count). The highest BCUT2D eigenvalue weighted by molar-refractivity contribution is 5.94. The summed E-state index contributed by atoms with van der Waals surface area (Å²) < 4.78 is 4.59. The van der Waals surface area contributed by atoms with Gasteiger partial charge in [0.25, 0.3) is 0 Å². The molecule has 0 radical (unpaired) electrons. The molecule has 0 saturated carbocycles. The summed E-state index contributed by atoms with van der Waals surface area (Å²) in [6.07, 6.45) is 6.53. The smallest absolute Gasteiger partial charge is 0.317 e. The van der Waals surface area contributed by atoms with Crippen molar-refractivity contribution >= 4 is 11.9 Å². The number of nitrogens with zero attached hydrogens (tertiary/aromatic N) is 1. The van der Waals surface area contributed by atoms with Crippen LogP contribution < -0.4 is 0 Å². The summed E-state index contributed by atoms with van der Waals surface area (Å²) in [5, 5.41) is 9.13. The Labute approximate surface area is 127 Å². The second kappa shape index (κ2) is 8.61. The summed E-state index contributed by atoms with van der Waals surface area (Å²) >= 11 is 0. The molecule has 1 saturated heterocycles. The normalized spacial score (nSPS) is 21.8. The molecular weight excluding hydrogens is 266 g/mol. The minimum Gasteiger partial charge on any atom is -0.393 e. The van der Waals surface area contributed by atoms with Crippen LogP contribution in [-0.4, -0.2) is 11.9 Å². The first kappa shape index (κ1) is 17.4. The zero-order chi connectivity index (χ0) is 15.8. The van der Waals surface area contributed by atoms with Gasteiger partial charge in [-0.05, 0) is 38.5 Å². The van der Waals surface area contributed by atoms with Crippen molar-refractivity contribution in [1.82, 2.24) is 0 Å². The van der Waals surface area contributed by atoms with E-state index in [2.05, 4.69) is 24.7 Å². The molecule has 0 aliphatic carbocycles. The number of ether oxygens (including phenoxy) is 1. The first-order valence-electron chi connectivity index (χ1n) is 7.78. The van der Waals surface area contributed by atoms with Crippen molar-refractivity contribution in [2.75, 3.05) is 0 Å². The van der Waals surface area contributed by atoms with Crippen LogP contribution in [0.25, 0.3) is 0 Å². The highest BCUT2D eigenvalue weighted by atomic mass is 16.6. The van der Waals surface area contributed by atoms with Gasteiger partial charge in [-0.2, -0.15) is 5.26 Å². The third kappa shape index (κ3) is 5.71. The van der Waals surface area contributed by atoms with Crippen LogP contribution in [0, 0.1) is 29.1 Å². The fraction of sp³-hybridized carbons (Fsp3) is 0.706. The first-order chi connectivity index (χ1) is 9.99. The summed E-state index contributed by atoms with van der Waals surface area (Å²) in [6.45, 7) is 6.19. The Morgan fingerprint density at radius 2 is 2.24 bits per heavy atom. The molecule has 4 heteroatoms. The van der Waals surface area contributed by atoms with Crippen molar-refractivity contribution in [1.29, 1.82) is 5.26 Å². The van der Waals surface area contributed by atoms with E-state index in [-0.39, 0.29) is 18.3 Å². The number of allylic oxidation sites excluding steroid dienone is 2. The molecule has 3 unspecified atom stereocenters. The zero-order valence-electron chi connectivity index (χ0n) is 13.2. The minimum absolute atomic E-state index is 0.112. The monoisotopic (exact) mass is 291 g/mol. The van der Waals surface area contributed by atoms with Crippen LogP contribution >= 0.6 is 0 Å². The summed E-state index contributed by atoms with van der Waals surface area (Å²) in [7, 11) is 0. The van der Waals surface area contributed by atoms with Gasteiger partial charge in [0, 0.05) is 5.92 Å². The van der Waals surface area contributed by atoms with E-state index in [1.807, 2.05) is 13.0 Å². The largest absolute Gasteiger partial charge is 0.393 e. The predicted molar refractivity (Wildman–Crippen MR) is 80.0 cm³/mol. The van der Waals surface area contributed by atoms with Gasteiger partial charge in [0.05, 0.1) is 18.4 Å². The quantitative estimate of drug-likeness (QED) is 0.388. The Morgan fingerprint density at radius 3 is 2.71 bits per heavy atom. The van der Waals surface area contributed by atoms with Crippen molar-refractivity contribution in [3.63, 3.8) is 0 Å². The molecule has 21 heavy (non-hydrogen) atoms. The van der Waals surface area contributed by atoms with Crippen molar-refractivity contribution in [2.24, 2.45) is 17.8 Å². The van der Waals surface area contributed by atoms with Crippen LogP contribution in [0.1, 0.15) is 59.3 Å². The molecule has 0 amide bonds. The van der Waals surface area contributed by atoms with Gasteiger partial charge in [-0.1, -0.05) is 31.9 Å². The molecule has 4 nitrogen and oxygen atoms in total. The number of hydrogen-bond donors (Lipinski definition) is 0. The average molecular weight is 291 g/mol. The Bertz CT molecular complexity index is 447. The van der Waals surface area contributed by atoms with Gasteiger partial charge in [-0.3, -0.25) is 9.59 Å². The topological polar surface area (TPSA) is 67.2 Å². The molecule has 1 aliphatic rings. The van der Waals surface area contributed by atoms with Gasteiger partial charge in [-0.15, -0.1) is 0 Å². The number of carbonyl (C=O) groups excluding carboxylic acids is 2. The second-order valence-electron chi connectivity index (χ2n) is 6.00. The SMILES string of the molecule is C/C=C(/CC(C)CC(C#N)CCC)CC1CC(=O)OC1=O. The van der Waals surface area contributed by atoms with Crippen molar-refractivity contribution in [3.05, 3.63) is 11.6 Å². The van der Waals surface area contributed by atoms with Crippen LogP contribution in [0.5, 0.6) is 0 Å². The van der Waals surface area contributed by atoms with Gasteiger partial charge in [-0.25, -0.2) is 0 Å². The third-order valence-electron chi connectivity index (χ3n) is 3.99. The molecule has 0 spiro atoms. The van der Waals surface area contributed by atoms with Gasteiger partial charge in [0.15, 0.2) is 0 Å². The van der Waals surface area contributed by atoms with Gasteiger partial charge < -0.3 is 4.74 Å². The lowest BCUT2D eigenvalue weighted by atomic mass is 9.86. The van der Waals surface area contributed by atoms with Gasteiger partial charge in [0.2, 0.25) is 0 Å². The van der Waals surface area contributed by atoms with Crippen LogP contribution in [0.4, 0.5) is 0 Å². The molecule has 1 aliphatic heterocycles. The van der Waals surface area contributed by atoms with Gasteiger partial charge >= 0.3 is 11.9 Å². The van der Waals surface area contributed by atoms with Crippen LogP contribution in [0.3, 0.4) is 0 Å². The average Bonchev–Trinajstić information content (AvgIpc) is 2.75. The maximum absolute atomic E-state index is 11.5. The number of carbonyl (C=O) groups is 2. The Morgan fingerprint density at radius 1 is 1.52 bits per heavy atom. The molecule has 0 aromatic carbocycles. The molecule has 1 heterocycles. The lowest BCUT2D eigenvalue weighted by molar-refractivity contribution is -0.153. The molecule has 0 bridgehead atoms. The minimum atomic E-state index is -0.416. The van der Waals surface area contributed by atoms with E-state index in [1.165, 1.54) is 5.57 Å². The molecular formula is C17H25NO3. The molecule has 0 N–H and O–H groups in total. The van der Waals surface area contributed by atoms with Crippen LogP contribution in [-0.2, 0) is 14.3 Å². The maximum atomic E-state index is 11.5. The zero-order valence-corrected chi connectivity index (χ0v) is 13.2. The van der Waals surface area contributed by atoms with Crippen molar-refractivity contribution in [2.45, 2.75) is 59.3 Å². The number of rotatable bonds is 8. The van der Waals surface area contributed by atoms with Crippen molar-refractivity contribution < 1.29 is 14.3 Å². The highest BCUT2D eigenvalue weighted by Crippen LogP contribution is 2.29. The van der Waals surface area contributed by atoms with E-state index in [0.29, 0.717) is 12.3 Å². The van der Waals surface area contributed by atoms with E-state index in [1.54, 1.807) is 0 Å². The molecule has 116 valence electrons. The Hall–Kier alpha value is -1.63. The summed E-state index contributed by atoms with van der Waals surface area (Å²) in [6, 6.07) is 2.37. The van der Waals surface area contributed by atoms with Crippen molar-refractivity contribution in [3.8, 4) is 6.07 Å². The summed E-state index contributed by atoms with van der Waals surface area (Å²) in [4.78, 5) is 22.6. The van der Waals surface area contributed by atoms with Crippen LogP contribution in [0.15, 0.2) is 11.6 Å². The van der Waals surface area contributed by atoms with E-state index in [4.69, 9.17) is 5.26 Å². The first-order valence-corrected chi connectivity index (χ1v) is 7.78. The lowest BCUT2D eigenvalue weighted by Crippen LogP contribution is -2.11. The number of cyclic esters (lactones) is 2.